The monoisotopic (exact) mass is 144 g/mol. The molecule has 0 saturated carbocycles. The van der Waals surface area contributed by atoms with Crippen LogP contribution in [0.4, 0.5) is 0 Å². The molecule has 0 aliphatic carbocycles. The van der Waals surface area contributed by atoms with Crippen LogP contribution < -0.4 is 0 Å². The van der Waals surface area contributed by atoms with Crippen molar-refractivity contribution in [3.05, 3.63) is 0 Å². The summed E-state index contributed by atoms with van der Waals surface area (Å²) in [6, 6.07) is 0. The van der Waals surface area contributed by atoms with Crippen LogP contribution in [0.5, 0.6) is 0 Å². The van der Waals surface area contributed by atoms with Crippen LogP contribution in [0, 0.1) is 0 Å². The van der Waals surface area contributed by atoms with Crippen molar-refractivity contribution in [3.8, 4) is 0 Å². The minimum Gasteiger partial charge on any atom is -0.345 e. The number of carbonyl (C=O) groups is 1. The number of amides is 1. The normalized spacial score (nSPS) is 10.1. The molecule has 0 spiro atoms. The Morgan fingerprint density at radius 3 is 2.00 bits per heavy atom. The van der Waals surface area contributed by atoms with Gasteiger partial charge < -0.3 is 9.80 Å². The molecule has 0 aromatic heterocycles. The van der Waals surface area contributed by atoms with Crippen molar-refractivity contribution in [2.24, 2.45) is 0 Å². The lowest BCUT2D eigenvalue weighted by molar-refractivity contribution is -0.127. The number of carbonyl (C=O) groups excluding carboxylic acids is 1. The molecule has 0 aliphatic rings. The van der Waals surface area contributed by atoms with Crippen LogP contribution in [0.1, 0.15) is 6.92 Å². The molecule has 0 aromatic carbocycles. The first-order valence-corrected chi connectivity index (χ1v) is 3.40. The van der Waals surface area contributed by atoms with Gasteiger partial charge in [0.1, 0.15) is 0 Å². The third-order valence-corrected chi connectivity index (χ3v) is 1.42. The summed E-state index contributed by atoms with van der Waals surface area (Å²) in [6.45, 7) is 3.31. The molecular formula is C7H16N2O. The van der Waals surface area contributed by atoms with Gasteiger partial charge in [0.15, 0.2) is 0 Å². The summed E-state index contributed by atoms with van der Waals surface area (Å²) in [5.41, 5.74) is 0. The number of rotatable bonds is 3. The summed E-state index contributed by atoms with van der Waals surface area (Å²) in [7, 11) is 5.80. The Bertz CT molecular complexity index is 112. The van der Waals surface area contributed by atoms with Gasteiger partial charge in [0.25, 0.3) is 0 Å². The summed E-state index contributed by atoms with van der Waals surface area (Å²) in [6.07, 6.45) is 0. The van der Waals surface area contributed by atoms with Gasteiger partial charge in [-0.3, -0.25) is 4.79 Å². The van der Waals surface area contributed by atoms with Crippen LogP contribution in [-0.4, -0.2) is 49.9 Å². The van der Waals surface area contributed by atoms with Crippen molar-refractivity contribution in [3.63, 3.8) is 0 Å². The van der Waals surface area contributed by atoms with E-state index < -0.39 is 0 Å². The first-order valence-electron chi connectivity index (χ1n) is 3.40. The number of hydrogen-bond acceptors (Lipinski definition) is 2. The Morgan fingerprint density at radius 2 is 1.70 bits per heavy atom. The van der Waals surface area contributed by atoms with Gasteiger partial charge in [-0.05, 0) is 14.1 Å². The Balaban J connectivity index is 3.40. The van der Waals surface area contributed by atoms with Gasteiger partial charge in [0.2, 0.25) is 5.91 Å². The van der Waals surface area contributed by atoms with Gasteiger partial charge in [-0.15, -0.1) is 0 Å². The van der Waals surface area contributed by atoms with E-state index in [-0.39, 0.29) is 5.91 Å². The van der Waals surface area contributed by atoms with Crippen molar-refractivity contribution in [2.75, 3.05) is 34.2 Å². The SMILES string of the molecule is CC(=O)N(C)CCN(C)C. The fourth-order valence-electron chi connectivity index (χ4n) is 0.507. The van der Waals surface area contributed by atoms with E-state index in [0.717, 1.165) is 13.1 Å². The standard InChI is InChI=1S/C7H16N2O/c1-7(10)9(4)6-5-8(2)3/h5-6H2,1-4H3. The van der Waals surface area contributed by atoms with E-state index in [1.807, 2.05) is 21.1 Å². The van der Waals surface area contributed by atoms with E-state index in [0.29, 0.717) is 0 Å². The maximum Gasteiger partial charge on any atom is 0.219 e. The molecule has 0 N–H and O–H groups in total. The van der Waals surface area contributed by atoms with E-state index in [9.17, 15) is 4.79 Å². The lowest BCUT2D eigenvalue weighted by Gasteiger charge is -2.17. The molecule has 0 atom stereocenters. The molecule has 10 heavy (non-hydrogen) atoms. The Hall–Kier alpha value is -0.570. The first-order chi connectivity index (χ1) is 4.54. The predicted molar refractivity (Wildman–Crippen MR) is 41.9 cm³/mol. The van der Waals surface area contributed by atoms with E-state index in [1.165, 1.54) is 0 Å². The summed E-state index contributed by atoms with van der Waals surface area (Å²) in [5, 5.41) is 0. The quantitative estimate of drug-likeness (QED) is 0.558. The van der Waals surface area contributed by atoms with Gasteiger partial charge in [-0.25, -0.2) is 0 Å². The molecule has 0 saturated heterocycles. The second-order valence-corrected chi connectivity index (χ2v) is 2.74. The van der Waals surface area contributed by atoms with Crippen molar-refractivity contribution >= 4 is 5.91 Å². The highest BCUT2D eigenvalue weighted by Gasteiger charge is 2.00. The third-order valence-electron chi connectivity index (χ3n) is 1.42. The van der Waals surface area contributed by atoms with E-state index >= 15 is 0 Å². The second-order valence-electron chi connectivity index (χ2n) is 2.74. The van der Waals surface area contributed by atoms with Crippen LogP contribution in [0.2, 0.25) is 0 Å². The Labute approximate surface area is 62.6 Å². The molecule has 60 valence electrons. The highest BCUT2D eigenvalue weighted by molar-refractivity contribution is 5.72. The molecule has 0 aromatic rings. The van der Waals surface area contributed by atoms with E-state index in [1.54, 1.807) is 11.8 Å². The van der Waals surface area contributed by atoms with Gasteiger partial charge >= 0.3 is 0 Å². The molecule has 3 heteroatoms. The zero-order valence-corrected chi connectivity index (χ0v) is 7.22. The maximum absolute atomic E-state index is 10.7. The molecule has 0 heterocycles. The molecule has 0 fully saturated rings. The molecule has 3 nitrogen and oxygen atoms in total. The van der Waals surface area contributed by atoms with Crippen LogP contribution in [0.25, 0.3) is 0 Å². The van der Waals surface area contributed by atoms with Gasteiger partial charge in [0, 0.05) is 27.1 Å². The van der Waals surface area contributed by atoms with Crippen molar-refractivity contribution in [1.29, 1.82) is 0 Å². The maximum atomic E-state index is 10.7. The van der Waals surface area contributed by atoms with Crippen LogP contribution in [-0.2, 0) is 4.79 Å². The van der Waals surface area contributed by atoms with Crippen molar-refractivity contribution < 1.29 is 4.79 Å². The first kappa shape index (κ1) is 9.43. The predicted octanol–water partition coefficient (Wildman–Crippen LogP) is 0.0263. The van der Waals surface area contributed by atoms with Gasteiger partial charge in [-0.2, -0.15) is 0 Å². The molecular weight excluding hydrogens is 128 g/mol. The zero-order valence-electron chi connectivity index (χ0n) is 7.22. The Morgan fingerprint density at radius 1 is 1.20 bits per heavy atom. The molecule has 0 bridgehead atoms. The summed E-state index contributed by atoms with van der Waals surface area (Å²) in [4.78, 5) is 14.4. The van der Waals surface area contributed by atoms with Gasteiger partial charge in [-0.1, -0.05) is 0 Å². The van der Waals surface area contributed by atoms with Crippen LogP contribution >= 0.6 is 0 Å². The highest BCUT2D eigenvalue weighted by atomic mass is 16.2. The lowest BCUT2D eigenvalue weighted by Crippen LogP contribution is -2.31. The molecule has 1 amide bonds. The fraction of sp³-hybridized carbons (Fsp3) is 0.857. The topological polar surface area (TPSA) is 23.6 Å². The van der Waals surface area contributed by atoms with E-state index in [4.69, 9.17) is 0 Å². The second kappa shape index (κ2) is 4.28. The number of hydrogen-bond donors (Lipinski definition) is 0. The van der Waals surface area contributed by atoms with Crippen LogP contribution in [0.3, 0.4) is 0 Å². The van der Waals surface area contributed by atoms with Crippen molar-refractivity contribution in [2.45, 2.75) is 6.92 Å². The van der Waals surface area contributed by atoms with E-state index in [2.05, 4.69) is 4.90 Å². The average molecular weight is 144 g/mol. The molecule has 0 radical (unpaired) electrons. The van der Waals surface area contributed by atoms with Gasteiger partial charge in [0.05, 0.1) is 0 Å². The molecule has 0 rings (SSSR count). The minimum atomic E-state index is 0.127. The molecule has 0 aliphatic heterocycles. The fourth-order valence-corrected chi connectivity index (χ4v) is 0.507. The highest BCUT2D eigenvalue weighted by Crippen LogP contribution is 1.83. The van der Waals surface area contributed by atoms with Crippen molar-refractivity contribution in [1.82, 2.24) is 9.80 Å². The summed E-state index contributed by atoms with van der Waals surface area (Å²) < 4.78 is 0. The number of nitrogens with zero attached hydrogens (tertiary/aromatic N) is 2. The molecule has 0 unspecified atom stereocenters. The number of likely N-dealkylation sites (N-methyl/N-ethyl adjacent to an activating group) is 2. The third kappa shape index (κ3) is 4.32. The largest absolute Gasteiger partial charge is 0.345 e. The lowest BCUT2D eigenvalue weighted by atomic mass is 10.5. The smallest absolute Gasteiger partial charge is 0.219 e. The Kier molecular flexibility index (Phi) is 4.03. The minimum absolute atomic E-state index is 0.127. The average Bonchev–Trinajstić information content (AvgIpc) is 1.82. The summed E-state index contributed by atoms with van der Waals surface area (Å²) >= 11 is 0. The van der Waals surface area contributed by atoms with Crippen LogP contribution in [0.15, 0.2) is 0 Å². The zero-order chi connectivity index (χ0) is 8.15. The summed E-state index contributed by atoms with van der Waals surface area (Å²) in [5.74, 6) is 0.127.